The van der Waals surface area contributed by atoms with Crippen LogP contribution in [0.1, 0.15) is 61.5 Å². The molecule has 38 heavy (non-hydrogen) atoms. The van der Waals surface area contributed by atoms with Crippen LogP contribution in [0.4, 0.5) is 0 Å². The van der Waals surface area contributed by atoms with Gasteiger partial charge in [-0.3, -0.25) is 4.79 Å². The van der Waals surface area contributed by atoms with Crippen LogP contribution in [-0.2, 0) is 4.74 Å². The number of carbonyl (C=O) groups excluding carboxylic acids is 1. The molecule has 0 radical (unpaired) electrons. The summed E-state index contributed by atoms with van der Waals surface area (Å²) in [6, 6.07) is 16.4. The topological polar surface area (TPSA) is 44.8 Å². The molecule has 1 amide bonds. The number of carbonyl (C=O) groups is 1. The van der Waals surface area contributed by atoms with Gasteiger partial charge in [0.15, 0.2) is 0 Å². The second-order valence-electron chi connectivity index (χ2n) is 10.2. The predicted molar refractivity (Wildman–Crippen MR) is 162 cm³/mol. The summed E-state index contributed by atoms with van der Waals surface area (Å²) in [5.74, 6) is 2.64. The summed E-state index contributed by atoms with van der Waals surface area (Å²) < 4.78 is 6.37. The molecule has 206 valence electrons. The summed E-state index contributed by atoms with van der Waals surface area (Å²) in [5.41, 5.74) is 4.16. The molecule has 1 heterocycles. The summed E-state index contributed by atoms with van der Waals surface area (Å²) in [6.45, 7) is 14.6. The molecule has 0 aliphatic carbocycles. The van der Waals surface area contributed by atoms with Crippen molar-refractivity contribution in [2.24, 2.45) is 0 Å². The number of likely N-dealkylation sites (N-methyl/N-ethyl adjacent to an activating group) is 1. The van der Waals surface area contributed by atoms with Crippen LogP contribution in [0.2, 0.25) is 0 Å². The minimum Gasteiger partial charge on any atom is -0.462 e. The van der Waals surface area contributed by atoms with Crippen molar-refractivity contribution in [1.29, 1.82) is 0 Å². The molecule has 6 heteroatoms. The standard InChI is InChI=1S/C32H45N3O2S/c1-6-7-9-31(37-27(4)26(3)24-38-30-16-10-25(2)11-17-30)28-12-14-29(15-13-28)32(36)33-18-8-19-35-22-20-34(5)21-23-35/h9-17H,6-8,18-24H2,1-5H3,(H,33,36)/b27-26+,31-9+. The van der Waals surface area contributed by atoms with Gasteiger partial charge in [-0.05, 0) is 83.1 Å². The van der Waals surface area contributed by atoms with Crippen molar-refractivity contribution in [3.05, 3.63) is 82.6 Å². The number of aryl methyl sites for hydroxylation is 1. The van der Waals surface area contributed by atoms with Gasteiger partial charge in [-0.1, -0.05) is 43.2 Å². The van der Waals surface area contributed by atoms with Crippen LogP contribution in [0.3, 0.4) is 0 Å². The number of ether oxygens (including phenoxy) is 1. The smallest absolute Gasteiger partial charge is 0.251 e. The summed E-state index contributed by atoms with van der Waals surface area (Å²) in [6.07, 6.45) is 5.11. The first kappa shape index (κ1) is 30.0. The highest BCUT2D eigenvalue weighted by Crippen LogP contribution is 2.26. The Balaban J connectivity index is 1.53. The molecular formula is C32H45N3O2S. The lowest BCUT2D eigenvalue weighted by Crippen LogP contribution is -2.45. The van der Waals surface area contributed by atoms with E-state index in [-0.39, 0.29) is 5.91 Å². The number of amides is 1. The van der Waals surface area contributed by atoms with Gasteiger partial charge < -0.3 is 19.9 Å². The molecule has 1 N–H and O–H groups in total. The van der Waals surface area contributed by atoms with Crippen LogP contribution < -0.4 is 5.32 Å². The highest BCUT2D eigenvalue weighted by atomic mass is 32.2. The van der Waals surface area contributed by atoms with E-state index in [1.165, 1.54) is 16.0 Å². The quantitative estimate of drug-likeness (QED) is 0.178. The third-order valence-corrected chi connectivity index (χ3v) is 8.11. The van der Waals surface area contributed by atoms with E-state index in [2.05, 4.69) is 73.3 Å². The normalized spacial score (nSPS) is 15.8. The number of hydrogen-bond donors (Lipinski definition) is 1. The van der Waals surface area contributed by atoms with Crippen molar-refractivity contribution in [2.45, 2.75) is 51.9 Å². The molecule has 1 aliphatic heterocycles. The molecule has 5 nitrogen and oxygen atoms in total. The average Bonchev–Trinajstić information content (AvgIpc) is 2.93. The lowest BCUT2D eigenvalue weighted by atomic mass is 10.1. The summed E-state index contributed by atoms with van der Waals surface area (Å²) in [4.78, 5) is 18.8. The van der Waals surface area contributed by atoms with E-state index < -0.39 is 0 Å². The fourth-order valence-electron chi connectivity index (χ4n) is 4.14. The highest BCUT2D eigenvalue weighted by molar-refractivity contribution is 7.99. The Labute approximate surface area is 234 Å². The number of rotatable bonds is 13. The Bertz CT molecular complexity index is 1070. The van der Waals surface area contributed by atoms with Gasteiger partial charge >= 0.3 is 0 Å². The van der Waals surface area contributed by atoms with E-state index in [9.17, 15) is 4.79 Å². The van der Waals surface area contributed by atoms with Crippen LogP contribution in [0.5, 0.6) is 0 Å². The Morgan fingerprint density at radius 1 is 1.00 bits per heavy atom. The van der Waals surface area contributed by atoms with E-state index in [0.29, 0.717) is 12.1 Å². The van der Waals surface area contributed by atoms with Crippen molar-refractivity contribution in [1.82, 2.24) is 15.1 Å². The van der Waals surface area contributed by atoms with Gasteiger partial charge in [0.25, 0.3) is 5.91 Å². The van der Waals surface area contributed by atoms with Crippen LogP contribution in [0.25, 0.3) is 5.76 Å². The van der Waals surface area contributed by atoms with Gasteiger partial charge in [0.2, 0.25) is 0 Å². The molecule has 0 saturated carbocycles. The largest absolute Gasteiger partial charge is 0.462 e. The number of piperazine rings is 1. The van der Waals surface area contributed by atoms with Crippen molar-refractivity contribution in [3.8, 4) is 0 Å². The Morgan fingerprint density at radius 3 is 2.32 bits per heavy atom. The van der Waals surface area contributed by atoms with Crippen molar-refractivity contribution < 1.29 is 9.53 Å². The average molecular weight is 536 g/mol. The Kier molecular flexibility index (Phi) is 12.5. The molecule has 2 aromatic rings. The minimum atomic E-state index is -0.0185. The van der Waals surface area contributed by atoms with Crippen molar-refractivity contribution in [2.75, 3.05) is 52.1 Å². The highest BCUT2D eigenvalue weighted by Gasteiger charge is 2.14. The number of hydrogen-bond acceptors (Lipinski definition) is 5. The van der Waals surface area contributed by atoms with Gasteiger partial charge in [0.1, 0.15) is 11.5 Å². The van der Waals surface area contributed by atoms with Crippen LogP contribution >= 0.6 is 11.8 Å². The molecule has 0 unspecified atom stereocenters. The Morgan fingerprint density at radius 2 is 1.66 bits per heavy atom. The van der Waals surface area contributed by atoms with Crippen LogP contribution in [-0.4, -0.2) is 67.8 Å². The van der Waals surface area contributed by atoms with Gasteiger partial charge in [0.05, 0.1) is 0 Å². The molecule has 0 aromatic heterocycles. The number of thioether (sulfide) groups is 1. The van der Waals surface area contributed by atoms with E-state index in [1.807, 2.05) is 43.0 Å². The first-order valence-corrected chi connectivity index (χ1v) is 14.9. The first-order valence-electron chi connectivity index (χ1n) is 13.9. The van der Waals surface area contributed by atoms with Crippen molar-refractivity contribution >= 4 is 23.4 Å². The predicted octanol–water partition coefficient (Wildman–Crippen LogP) is 6.61. The maximum atomic E-state index is 12.7. The lowest BCUT2D eigenvalue weighted by Gasteiger charge is -2.32. The molecule has 1 aliphatic rings. The molecule has 0 bridgehead atoms. The molecule has 1 fully saturated rings. The van der Waals surface area contributed by atoms with E-state index in [4.69, 9.17) is 4.74 Å². The van der Waals surface area contributed by atoms with E-state index in [1.54, 1.807) is 0 Å². The number of allylic oxidation sites excluding steroid dienone is 2. The summed E-state index contributed by atoms with van der Waals surface area (Å²) in [7, 11) is 2.17. The molecule has 1 saturated heterocycles. The summed E-state index contributed by atoms with van der Waals surface area (Å²) >= 11 is 1.82. The Hall–Kier alpha value is -2.54. The summed E-state index contributed by atoms with van der Waals surface area (Å²) in [5, 5.41) is 3.08. The molecule has 2 aromatic carbocycles. The van der Waals surface area contributed by atoms with E-state index in [0.717, 1.165) is 74.8 Å². The molecular weight excluding hydrogens is 490 g/mol. The molecule has 3 rings (SSSR count). The fraction of sp³-hybridized carbons (Fsp3) is 0.469. The maximum Gasteiger partial charge on any atom is 0.251 e. The number of benzene rings is 2. The van der Waals surface area contributed by atoms with Crippen LogP contribution in [0, 0.1) is 6.92 Å². The third-order valence-electron chi connectivity index (χ3n) is 6.92. The molecule has 0 spiro atoms. The lowest BCUT2D eigenvalue weighted by molar-refractivity contribution is 0.0949. The van der Waals surface area contributed by atoms with Gasteiger partial charge in [-0.25, -0.2) is 0 Å². The molecule has 0 atom stereocenters. The number of nitrogens with one attached hydrogen (secondary N) is 1. The second kappa shape index (κ2) is 15.8. The zero-order valence-electron chi connectivity index (χ0n) is 23.9. The number of nitrogens with zero attached hydrogens (tertiary/aromatic N) is 2. The maximum absolute atomic E-state index is 12.7. The van der Waals surface area contributed by atoms with E-state index >= 15 is 0 Å². The first-order chi connectivity index (χ1) is 18.4. The SMILES string of the molecule is CCC/C=C(/O/C(C)=C(\C)CSc1ccc(C)cc1)c1ccc(C(=O)NCCCN2CCN(C)CC2)cc1. The number of unbranched alkanes of at least 4 members (excludes halogenated alkanes) is 1. The van der Waals surface area contributed by atoms with Gasteiger partial charge in [-0.2, -0.15) is 0 Å². The zero-order chi connectivity index (χ0) is 27.3. The third kappa shape index (κ3) is 9.97. The van der Waals surface area contributed by atoms with Gasteiger partial charge in [-0.15, -0.1) is 11.8 Å². The monoisotopic (exact) mass is 535 g/mol. The minimum absolute atomic E-state index is 0.0185. The van der Waals surface area contributed by atoms with Crippen LogP contribution in [0.15, 0.2) is 70.8 Å². The van der Waals surface area contributed by atoms with Crippen molar-refractivity contribution in [3.63, 3.8) is 0 Å². The second-order valence-corrected chi connectivity index (χ2v) is 11.3. The fourth-order valence-corrected chi connectivity index (χ4v) is 5.05. The van der Waals surface area contributed by atoms with Gasteiger partial charge in [0, 0.05) is 54.5 Å². The zero-order valence-corrected chi connectivity index (χ0v) is 24.7.